The number of aliphatic carboxylic acids is 1. The van der Waals surface area contributed by atoms with E-state index < -0.39 is 16.0 Å². The van der Waals surface area contributed by atoms with E-state index in [1.807, 2.05) is 0 Å². The van der Waals surface area contributed by atoms with Crippen molar-refractivity contribution in [2.45, 2.75) is 11.4 Å². The highest BCUT2D eigenvalue weighted by Gasteiger charge is 2.17. The fourth-order valence-electron chi connectivity index (χ4n) is 1.70. The average Bonchev–Trinajstić information content (AvgIpc) is 2.78. The van der Waals surface area contributed by atoms with E-state index in [9.17, 15) is 13.2 Å². The summed E-state index contributed by atoms with van der Waals surface area (Å²) >= 11 is 0. The summed E-state index contributed by atoms with van der Waals surface area (Å²) in [6.07, 6.45) is 1.29. The van der Waals surface area contributed by atoms with E-state index in [1.54, 1.807) is 12.1 Å². The minimum absolute atomic E-state index is 0.0483. The molecule has 1 heterocycles. The molecule has 106 valence electrons. The number of aryl methyl sites for hydroxylation is 1. The number of hydrogen-bond donors (Lipinski definition) is 2. The van der Waals surface area contributed by atoms with Crippen LogP contribution in [0, 0.1) is 0 Å². The molecule has 20 heavy (non-hydrogen) atoms. The predicted molar refractivity (Wildman–Crippen MR) is 71.8 cm³/mol. The summed E-state index contributed by atoms with van der Waals surface area (Å²) in [7, 11) is -2.17. The highest BCUT2D eigenvalue weighted by Crippen LogP contribution is 2.16. The van der Waals surface area contributed by atoms with Gasteiger partial charge in [-0.2, -0.15) is 13.5 Å². The van der Waals surface area contributed by atoms with Gasteiger partial charge < -0.3 is 5.11 Å². The fourth-order valence-corrected chi connectivity index (χ4v) is 2.88. The van der Waals surface area contributed by atoms with Gasteiger partial charge in [0.15, 0.2) is 5.03 Å². The van der Waals surface area contributed by atoms with Gasteiger partial charge >= 0.3 is 5.97 Å². The van der Waals surface area contributed by atoms with Crippen molar-refractivity contribution in [2.75, 3.05) is 4.72 Å². The molecule has 0 saturated heterocycles. The second-order valence-corrected chi connectivity index (χ2v) is 5.80. The molecule has 0 bridgehead atoms. The van der Waals surface area contributed by atoms with E-state index in [1.165, 1.54) is 36.1 Å². The maximum absolute atomic E-state index is 12.1. The molecule has 0 fully saturated rings. The van der Waals surface area contributed by atoms with Crippen LogP contribution in [0.15, 0.2) is 41.6 Å². The van der Waals surface area contributed by atoms with Gasteiger partial charge in [0.1, 0.15) is 0 Å². The lowest BCUT2D eigenvalue weighted by molar-refractivity contribution is -0.136. The molecule has 0 amide bonds. The molecule has 0 atom stereocenters. The number of carboxylic acid groups (broad SMARTS) is 1. The maximum atomic E-state index is 12.1. The molecule has 2 N–H and O–H groups in total. The van der Waals surface area contributed by atoms with Gasteiger partial charge in [-0.3, -0.25) is 14.2 Å². The van der Waals surface area contributed by atoms with Crippen LogP contribution in [0.2, 0.25) is 0 Å². The average molecular weight is 295 g/mol. The van der Waals surface area contributed by atoms with Crippen LogP contribution < -0.4 is 4.72 Å². The minimum Gasteiger partial charge on any atom is -0.481 e. The summed E-state index contributed by atoms with van der Waals surface area (Å²) in [5.41, 5.74) is 0.960. The number of carbonyl (C=O) groups is 1. The topological polar surface area (TPSA) is 101 Å². The lowest BCUT2D eigenvalue weighted by Crippen LogP contribution is -2.16. The number of carboxylic acids is 1. The van der Waals surface area contributed by atoms with E-state index in [-0.39, 0.29) is 11.4 Å². The maximum Gasteiger partial charge on any atom is 0.307 e. The van der Waals surface area contributed by atoms with Crippen molar-refractivity contribution in [3.63, 3.8) is 0 Å². The lowest BCUT2D eigenvalue weighted by Gasteiger charge is -2.08. The van der Waals surface area contributed by atoms with Crippen LogP contribution in [0.1, 0.15) is 5.56 Å². The van der Waals surface area contributed by atoms with Crippen molar-refractivity contribution in [2.24, 2.45) is 7.05 Å². The smallest absolute Gasteiger partial charge is 0.307 e. The second-order valence-electron chi connectivity index (χ2n) is 4.17. The Morgan fingerprint density at radius 2 is 1.95 bits per heavy atom. The number of benzene rings is 1. The van der Waals surface area contributed by atoms with E-state index in [4.69, 9.17) is 5.11 Å². The molecule has 0 spiro atoms. The first-order chi connectivity index (χ1) is 9.38. The highest BCUT2D eigenvalue weighted by atomic mass is 32.2. The van der Waals surface area contributed by atoms with Crippen molar-refractivity contribution >= 4 is 21.7 Å². The SMILES string of the molecule is Cn1nccc1S(=O)(=O)Nc1ccc(CC(=O)O)cc1. The zero-order chi connectivity index (χ0) is 14.8. The Morgan fingerprint density at radius 1 is 1.30 bits per heavy atom. The van der Waals surface area contributed by atoms with E-state index in [2.05, 4.69) is 9.82 Å². The molecule has 1 aromatic heterocycles. The van der Waals surface area contributed by atoms with Crippen LogP contribution in [0.4, 0.5) is 5.69 Å². The van der Waals surface area contributed by atoms with Crippen molar-refractivity contribution in [1.82, 2.24) is 9.78 Å². The van der Waals surface area contributed by atoms with Gasteiger partial charge in [-0.15, -0.1) is 0 Å². The molecule has 0 aliphatic carbocycles. The third-order valence-corrected chi connectivity index (χ3v) is 4.07. The number of rotatable bonds is 5. The van der Waals surface area contributed by atoms with E-state index >= 15 is 0 Å². The zero-order valence-corrected chi connectivity index (χ0v) is 11.5. The Morgan fingerprint density at radius 3 is 2.45 bits per heavy atom. The van der Waals surface area contributed by atoms with Gasteiger partial charge in [-0.25, -0.2) is 0 Å². The number of hydrogen-bond acceptors (Lipinski definition) is 4. The molecule has 0 saturated carbocycles. The lowest BCUT2D eigenvalue weighted by atomic mass is 10.1. The third-order valence-electron chi connectivity index (χ3n) is 2.61. The number of anilines is 1. The number of nitrogens with zero attached hydrogens (tertiary/aromatic N) is 2. The molecule has 0 unspecified atom stereocenters. The van der Waals surface area contributed by atoms with Crippen LogP contribution in [0.25, 0.3) is 0 Å². The van der Waals surface area contributed by atoms with Crippen molar-refractivity contribution in [3.8, 4) is 0 Å². The van der Waals surface area contributed by atoms with Crippen LogP contribution in [0.5, 0.6) is 0 Å². The highest BCUT2D eigenvalue weighted by molar-refractivity contribution is 7.92. The first kappa shape index (κ1) is 14.1. The number of nitrogens with one attached hydrogen (secondary N) is 1. The third kappa shape index (κ3) is 3.15. The Kier molecular flexibility index (Phi) is 3.75. The van der Waals surface area contributed by atoms with Gasteiger partial charge in [0, 0.05) is 12.7 Å². The first-order valence-corrected chi connectivity index (χ1v) is 7.18. The summed E-state index contributed by atoms with van der Waals surface area (Å²) in [6, 6.07) is 7.56. The van der Waals surface area contributed by atoms with Gasteiger partial charge in [0.05, 0.1) is 12.6 Å². The quantitative estimate of drug-likeness (QED) is 0.851. The van der Waals surface area contributed by atoms with Gasteiger partial charge in [0.25, 0.3) is 10.0 Å². The van der Waals surface area contributed by atoms with Crippen LogP contribution in [0.3, 0.4) is 0 Å². The normalized spacial score (nSPS) is 11.2. The monoisotopic (exact) mass is 295 g/mol. The molecular formula is C12H13N3O4S. The predicted octanol–water partition coefficient (Wildman–Crippen LogP) is 0.848. The van der Waals surface area contributed by atoms with Crippen LogP contribution in [-0.2, 0) is 28.3 Å². The van der Waals surface area contributed by atoms with Crippen LogP contribution >= 0.6 is 0 Å². The summed E-state index contributed by atoms with van der Waals surface area (Å²) in [5.74, 6) is -0.937. The van der Waals surface area contributed by atoms with E-state index in [0.717, 1.165) is 0 Å². The molecule has 2 aromatic rings. The van der Waals surface area contributed by atoms with Crippen molar-refractivity contribution < 1.29 is 18.3 Å². The standard InChI is InChI=1S/C12H13N3O4S/c1-15-11(6-7-13-15)20(18,19)14-10-4-2-9(3-5-10)8-12(16)17/h2-7,14H,8H2,1H3,(H,16,17). The fraction of sp³-hybridized carbons (Fsp3) is 0.167. The first-order valence-electron chi connectivity index (χ1n) is 5.70. The van der Waals surface area contributed by atoms with Gasteiger partial charge in [-0.1, -0.05) is 12.1 Å². The molecule has 2 rings (SSSR count). The summed E-state index contributed by atoms with van der Waals surface area (Å²) < 4.78 is 27.8. The molecule has 0 aliphatic rings. The Labute approximate surface area is 115 Å². The van der Waals surface area contributed by atoms with Crippen LogP contribution in [-0.4, -0.2) is 29.3 Å². The van der Waals surface area contributed by atoms with Gasteiger partial charge in [-0.05, 0) is 23.8 Å². The molecule has 0 radical (unpaired) electrons. The molecule has 0 aliphatic heterocycles. The van der Waals surface area contributed by atoms with E-state index in [0.29, 0.717) is 11.3 Å². The van der Waals surface area contributed by atoms with Crippen molar-refractivity contribution in [3.05, 3.63) is 42.1 Å². The largest absolute Gasteiger partial charge is 0.481 e. The summed E-state index contributed by atoms with van der Waals surface area (Å²) in [5, 5.41) is 12.5. The Hall–Kier alpha value is -2.35. The molecule has 8 heteroatoms. The summed E-state index contributed by atoms with van der Waals surface area (Å²) in [6.45, 7) is 0. The Bertz CT molecular complexity index is 719. The minimum atomic E-state index is -3.70. The van der Waals surface area contributed by atoms with Gasteiger partial charge in [0.2, 0.25) is 0 Å². The number of sulfonamides is 1. The second kappa shape index (κ2) is 5.33. The molecule has 7 nitrogen and oxygen atoms in total. The van der Waals surface area contributed by atoms with Crippen molar-refractivity contribution in [1.29, 1.82) is 0 Å². The number of aromatic nitrogens is 2. The zero-order valence-electron chi connectivity index (χ0n) is 10.6. The molecule has 1 aromatic carbocycles. The summed E-state index contributed by atoms with van der Waals surface area (Å²) in [4.78, 5) is 10.6. The molecular weight excluding hydrogens is 282 g/mol. The Balaban J connectivity index is 2.18.